The molecule has 0 aromatic heterocycles. The minimum absolute atomic E-state index is 0.127. The Labute approximate surface area is 110 Å². The second-order valence-electron chi connectivity index (χ2n) is 4.50. The third kappa shape index (κ3) is 3.45. The third-order valence-electron chi connectivity index (χ3n) is 2.95. The highest BCUT2D eigenvalue weighted by atomic mass is 16.5. The van der Waals surface area contributed by atoms with Gasteiger partial charge in [-0.05, 0) is 11.6 Å². The Kier molecular flexibility index (Phi) is 4.01. The van der Waals surface area contributed by atoms with Gasteiger partial charge >= 0.3 is 5.97 Å². The van der Waals surface area contributed by atoms with Crippen molar-refractivity contribution in [2.45, 2.75) is 25.0 Å². The summed E-state index contributed by atoms with van der Waals surface area (Å²) in [6.07, 6.45) is 0.223. The maximum Gasteiger partial charge on any atom is 0.305 e. The van der Waals surface area contributed by atoms with E-state index < -0.39 is 17.9 Å². The monoisotopic (exact) mass is 264 g/mol. The lowest BCUT2D eigenvalue weighted by Crippen LogP contribution is -2.45. The molecule has 6 heteroatoms. The van der Waals surface area contributed by atoms with E-state index in [4.69, 9.17) is 15.6 Å². The van der Waals surface area contributed by atoms with E-state index >= 15 is 0 Å². The molecule has 1 amide bonds. The predicted octanol–water partition coefficient (Wildman–Crippen LogP) is -0.0917. The van der Waals surface area contributed by atoms with Gasteiger partial charge in [0.1, 0.15) is 11.9 Å². The number of aliphatic carboxylic acids is 1. The van der Waals surface area contributed by atoms with Crippen molar-refractivity contribution in [2.24, 2.45) is 5.73 Å². The van der Waals surface area contributed by atoms with Crippen molar-refractivity contribution in [1.82, 2.24) is 5.32 Å². The van der Waals surface area contributed by atoms with E-state index in [2.05, 4.69) is 5.32 Å². The number of hydrogen-bond donors (Lipinski definition) is 3. The summed E-state index contributed by atoms with van der Waals surface area (Å²) < 4.78 is 5.65. The van der Waals surface area contributed by atoms with E-state index in [1.807, 2.05) is 24.3 Å². The van der Waals surface area contributed by atoms with Crippen LogP contribution in [0, 0.1) is 0 Å². The molecular formula is C13H16N2O4. The molecule has 0 fully saturated rings. The zero-order valence-corrected chi connectivity index (χ0v) is 10.3. The quantitative estimate of drug-likeness (QED) is 0.689. The molecule has 1 aromatic carbocycles. The van der Waals surface area contributed by atoms with E-state index in [-0.39, 0.29) is 12.5 Å². The Morgan fingerprint density at radius 3 is 2.89 bits per heavy atom. The van der Waals surface area contributed by atoms with Crippen molar-refractivity contribution in [3.05, 3.63) is 29.8 Å². The van der Waals surface area contributed by atoms with Crippen LogP contribution in [0.15, 0.2) is 24.3 Å². The molecule has 0 saturated heterocycles. The summed E-state index contributed by atoms with van der Waals surface area (Å²) >= 11 is 0. The standard InChI is InChI=1S/C13H16N2O4/c14-10(6-12(16)17)13(18)15-7-9-5-8-3-1-2-4-11(8)19-9/h1-4,9-10H,5-7,14H2,(H,15,18)(H,16,17). The van der Waals surface area contributed by atoms with Gasteiger partial charge in [0.2, 0.25) is 5.91 Å². The summed E-state index contributed by atoms with van der Waals surface area (Å²) in [6.45, 7) is 0.320. The lowest BCUT2D eigenvalue weighted by molar-refractivity contribution is -0.139. The van der Waals surface area contributed by atoms with Gasteiger partial charge in [-0.25, -0.2) is 0 Å². The maximum absolute atomic E-state index is 11.6. The van der Waals surface area contributed by atoms with Gasteiger partial charge in [0.05, 0.1) is 19.0 Å². The molecule has 0 bridgehead atoms. The van der Waals surface area contributed by atoms with Crippen LogP contribution < -0.4 is 15.8 Å². The molecule has 102 valence electrons. The number of amides is 1. The van der Waals surface area contributed by atoms with Crippen LogP contribution in [0.1, 0.15) is 12.0 Å². The number of carbonyl (C=O) groups is 2. The van der Waals surface area contributed by atoms with E-state index in [0.29, 0.717) is 6.54 Å². The molecule has 2 atom stereocenters. The van der Waals surface area contributed by atoms with Crippen molar-refractivity contribution in [1.29, 1.82) is 0 Å². The second kappa shape index (κ2) is 5.71. The number of carbonyl (C=O) groups excluding carboxylic acids is 1. The normalized spacial score (nSPS) is 18.3. The number of para-hydroxylation sites is 1. The van der Waals surface area contributed by atoms with Crippen LogP contribution in [-0.2, 0) is 16.0 Å². The molecule has 0 aliphatic carbocycles. The van der Waals surface area contributed by atoms with Crippen molar-refractivity contribution in [3.63, 3.8) is 0 Å². The summed E-state index contributed by atoms with van der Waals surface area (Å²) in [5, 5.41) is 11.2. The first-order chi connectivity index (χ1) is 9.06. The van der Waals surface area contributed by atoms with Gasteiger partial charge in [0, 0.05) is 6.42 Å². The first kappa shape index (κ1) is 13.4. The Hall–Kier alpha value is -2.08. The molecule has 6 nitrogen and oxygen atoms in total. The Morgan fingerprint density at radius 1 is 1.47 bits per heavy atom. The van der Waals surface area contributed by atoms with Gasteiger partial charge < -0.3 is 20.9 Å². The number of rotatable bonds is 5. The van der Waals surface area contributed by atoms with Crippen molar-refractivity contribution >= 4 is 11.9 Å². The van der Waals surface area contributed by atoms with Crippen LogP contribution in [0.25, 0.3) is 0 Å². The Morgan fingerprint density at radius 2 is 2.21 bits per heavy atom. The molecular weight excluding hydrogens is 248 g/mol. The number of carboxylic acid groups (broad SMARTS) is 1. The van der Waals surface area contributed by atoms with Gasteiger partial charge in [0.25, 0.3) is 0 Å². The zero-order valence-electron chi connectivity index (χ0n) is 10.3. The fourth-order valence-corrected chi connectivity index (χ4v) is 1.99. The van der Waals surface area contributed by atoms with Crippen LogP contribution in [0.2, 0.25) is 0 Å². The molecule has 1 aliphatic heterocycles. The number of ether oxygens (including phenoxy) is 1. The summed E-state index contributed by atoms with van der Waals surface area (Å²) in [5.41, 5.74) is 6.56. The highest BCUT2D eigenvalue weighted by Gasteiger charge is 2.24. The van der Waals surface area contributed by atoms with Gasteiger partial charge in [-0.15, -0.1) is 0 Å². The topological polar surface area (TPSA) is 102 Å². The summed E-state index contributed by atoms with van der Waals surface area (Å²) in [7, 11) is 0. The van der Waals surface area contributed by atoms with Gasteiger partial charge in [-0.1, -0.05) is 18.2 Å². The third-order valence-corrected chi connectivity index (χ3v) is 2.95. The Balaban J connectivity index is 1.79. The lowest BCUT2D eigenvalue weighted by Gasteiger charge is -2.14. The molecule has 0 radical (unpaired) electrons. The average Bonchev–Trinajstić information content (AvgIpc) is 2.77. The van der Waals surface area contributed by atoms with Crippen LogP contribution in [0.5, 0.6) is 5.75 Å². The van der Waals surface area contributed by atoms with Crippen molar-refractivity contribution < 1.29 is 19.4 Å². The van der Waals surface area contributed by atoms with Crippen LogP contribution >= 0.6 is 0 Å². The van der Waals surface area contributed by atoms with E-state index in [0.717, 1.165) is 17.7 Å². The molecule has 0 saturated carbocycles. The average molecular weight is 264 g/mol. The lowest BCUT2D eigenvalue weighted by atomic mass is 10.1. The van der Waals surface area contributed by atoms with Crippen LogP contribution in [-0.4, -0.2) is 35.7 Å². The second-order valence-corrected chi connectivity index (χ2v) is 4.50. The van der Waals surface area contributed by atoms with E-state index in [1.54, 1.807) is 0 Å². The minimum atomic E-state index is -1.09. The molecule has 2 rings (SSSR count). The summed E-state index contributed by atoms with van der Waals surface area (Å²) in [4.78, 5) is 22.0. The van der Waals surface area contributed by atoms with E-state index in [9.17, 15) is 9.59 Å². The number of nitrogens with one attached hydrogen (secondary N) is 1. The van der Waals surface area contributed by atoms with Crippen LogP contribution in [0.4, 0.5) is 0 Å². The fraction of sp³-hybridized carbons (Fsp3) is 0.385. The fourth-order valence-electron chi connectivity index (χ4n) is 1.99. The first-order valence-electron chi connectivity index (χ1n) is 6.06. The molecule has 19 heavy (non-hydrogen) atoms. The number of carboxylic acids is 1. The molecule has 1 heterocycles. The van der Waals surface area contributed by atoms with Gasteiger partial charge in [0.15, 0.2) is 0 Å². The van der Waals surface area contributed by atoms with E-state index in [1.165, 1.54) is 0 Å². The number of fused-ring (bicyclic) bond motifs is 1. The van der Waals surface area contributed by atoms with Gasteiger partial charge in [-0.2, -0.15) is 0 Å². The molecule has 4 N–H and O–H groups in total. The molecule has 1 aromatic rings. The zero-order chi connectivity index (χ0) is 13.8. The van der Waals surface area contributed by atoms with Gasteiger partial charge in [-0.3, -0.25) is 9.59 Å². The first-order valence-corrected chi connectivity index (χ1v) is 6.06. The minimum Gasteiger partial charge on any atom is -0.488 e. The number of benzene rings is 1. The largest absolute Gasteiger partial charge is 0.488 e. The smallest absolute Gasteiger partial charge is 0.305 e. The number of hydrogen-bond acceptors (Lipinski definition) is 4. The predicted molar refractivity (Wildman–Crippen MR) is 67.8 cm³/mol. The SMILES string of the molecule is NC(CC(=O)O)C(=O)NCC1Cc2ccccc2O1. The summed E-state index contributed by atoms with van der Waals surface area (Å²) in [6, 6.07) is 6.66. The van der Waals surface area contributed by atoms with Crippen LogP contribution in [0.3, 0.4) is 0 Å². The van der Waals surface area contributed by atoms with Crippen molar-refractivity contribution in [2.75, 3.05) is 6.54 Å². The summed E-state index contributed by atoms with van der Waals surface area (Å²) in [5.74, 6) is -0.731. The number of nitrogens with two attached hydrogens (primary N) is 1. The molecule has 2 unspecified atom stereocenters. The Bertz CT molecular complexity index is 464. The maximum atomic E-state index is 11.6. The van der Waals surface area contributed by atoms with Crippen molar-refractivity contribution in [3.8, 4) is 5.75 Å². The molecule has 0 spiro atoms. The highest BCUT2D eigenvalue weighted by Crippen LogP contribution is 2.27. The molecule has 1 aliphatic rings. The highest BCUT2D eigenvalue weighted by molar-refractivity contribution is 5.85.